The highest BCUT2D eigenvalue weighted by Gasteiger charge is 2.32. The van der Waals surface area contributed by atoms with Gasteiger partial charge < -0.3 is 10.0 Å². The number of thioether (sulfide) groups is 1. The molecule has 2 rings (SSSR count). The number of β-amino-alcohol motifs (C(OH)–C–C–N with tert-alkyl or cyclic N) is 1. The van der Waals surface area contributed by atoms with E-state index in [0.29, 0.717) is 12.5 Å². The Bertz CT molecular complexity index is 241. The zero-order valence-electron chi connectivity index (χ0n) is 9.19. The molecule has 0 aromatic rings. The van der Waals surface area contributed by atoms with Gasteiger partial charge in [0.15, 0.2) is 0 Å². The van der Waals surface area contributed by atoms with Crippen LogP contribution in [0.25, 0.3) is 0 Å². The summed E-state index contributed by atoms with van der Waals surface area (Å²) in [6.45, 7) is 3.43. The molecule has 2 heterocycles. The van der Waals surface area contributed by atoms with E-state index in [0.717, 1.165) is 30.9 Å². The molecule has 0 radical (unpaired) electrons. The molecule has 4 heteroatoms. The average molecular weight is 229 g/mol. The minimum atomic E-state index is -0.322. The maximum atomic E-state index is 12.1. The van der Waals surface area contributed by atoms with Gasteiger partial charge >= 0.3 is 0 Å². The van der Waals surface area contributed by atoms with Crippen LogP contribution in [0.1, 0.15) is 19.8 Å². The van der Waals surface area contributed by atoms with Gasteiger partial charge in [0.05, 0.1) is 6.10 Å². The zero-order chi connectivity index (χ0) is 10.8. The van der Waals surface area contributed by atoms with Gasteiger partial charge in [0, 0.05) is 24.8 Å². The van der Waals surface area contributed by atoms with Crippen LogP contribution >= 0.6 is 11.8 Å². The van der Waals surface area contributed by atoms with E-state index in [4.69, 9.17) is 0 Å². The standard InChI is InChI=1S/C11H19NO2S/c1-8-2-4-12(6-10(8)13)11(14)9-3-5-15-7-9/h8-10,13H,2-7H2,1H3. The number of hydrogen-bond acceptors (Lipinski definition) is 3. The molecule has 0 aromatic heterocycles. The smallest absolute Gasteiger partial charge is 0.226 e. The molecule has 3 unspecified atom stereocenters. The lowest BCUT2D eigenvalue weighted by atomic mass is 9.95. The topological polar surface area (TPSA) is 40.5 Å². The van der Waals surface area contributed by atoms with Crippen molar-refractivity contribution in [1.82, 2.24) is 4.90 Å². The summed E-state index contributed by atoms with van der Waals surface area (Å²) in [6, 6.07) is 0. The first kappa shape index (κ1) is 11.3. The fourth-order valence-corrected chi connectivity index (χ4v) is 3.45. The highest BCUT2D eigenvalue weighted by molar-refractivity contribution is 7.99. The fraction of sp³-hybridized carbons (Fsp3) is 0.909. The Balaban J connectivity index is 1.90. The molecule has 3 atom stereocenters. The highest BCUT2D eigenvalue weighted by Crippen LogP contribution is 2.27. The molecule has 1 amide bonds. The lowest BCUT2D eigenvalue weighted by Crippen LogP contribution is -2.47. The molecule has 86 valence electrons. The first-order valence-corrected chi connectivity index (χ1v) is 6.88. The summed E-state index contributed by atoms with van der Waals surface area (Å²) >= 11 is 1.87. The zero-order valence-corrected chi connectivity index (χ0v) is 10.0. The van der Waals surface area contributed by atoms with E-state index in [1.807, 2.05) is 16.7 Å². The Kier molecular flexibility index (Phi) is 3.57. The predicted octanol–water partition coefficient (Wildman–Crippen LogP) is 0.969. The normalized spacial score (nSPS) is 36.9. The van der Waals surface area contributed by atoms with Crippen LogP contribution in [-0.4, -0.2) is 46.6 Å². The number of piperidine rings is 1. The molecule has 15 heavy (non-hydrogen) atoms. The third-order valence-corrected chi connectivity index (χ3v) is 4.67. The maximum absolute atomic E-state index is 12.1. The van der Waals surface area contributed by atoms with E-state index in [-0.39, 0.29) is 17.9 Å². The Morgan fingerprint density at radius 1 is 1.47 bits per heavy atom. The van der Waals surface area contributed by atoms with Crippen LogP contribution in [0.3, 0.4) is 0 Å². The van der Waals surface area contributed by atoms with Crippen LogP contribution in [0, 0.1) is 11.8 Å². The van der Waals surface area contributed by atoms with Crippen molar-refractivity contribution in [3.63, 3.8) is 0 Å². The van der Waals surface area contributed by atoms with Crippen molar-refractivity contribution >= 4 is 17.7 Å². The molecular formula is C11H19NO2S. The number of nitrogens with zero attached hydrogens (tertiary/aromatic N) is 1. The monoisotopic (exact) mass is 229 g/mol. The summed E-state index contributed by atoms with van der Waals surface area (Å²) in [4.78, 5) is 13.9. The molecular weight excluding hydrogens is 210 g/mol. The van der Waals surface area contributed by atoms with E-state index < -0.39 is 0 Å². The Morgan fingerprint density at radius 2 is 2.27 bits per heavy atom. The Hall–Kier alpha value is -0.220. The number of aliphatic hydroxyl groups is 1. The van der Waals surface area contributed by atoms with Crippen LogP contribution in [-0.2, 0) is 4.79 Å². The number of hydrogen-bond donors (Lipinski definition) is 1. The second-order valence-electron chi connectivity index (χ2n) is 4.68. The molecule has 2 fully saturated rings. The van der Waals surface area contributed by atoms with Crippen LogP contribution in [0.2, 0.25) is 0 Å². The summed E-state index contributed by atoms with van der Waals surface area (Å²) in [5.74, 6) is 2.91. The number of amides is 1. The number of carbonyl (C=O) groups is 1. The van der Waals surface area contributed by atoms with E-state index in [1.165, 1.54) is 0 Å². The van der Waals surface area contributed by atoms with Crippen molar-refractivity contribution in [2.45, 2.75) is 25.9 Å². The van der Waals surface area contributed by atoms with E-state index in [1.54, 1.807) is 0 Å². The molecule has 0 saturated carbocycles. The lowest BCUT2D eigenvalue weighted by molar-refractivity contribution is -0.139. The average Bonchev–Trinajstić information content (AvgIpc) is 2.74. The van der Waals surface area contributed by atoms with Crippen LogP contribution in [0.5, 0.6) is 0 Å². The second kappa shape index (κ2) is 4.74. The minimum absolute atomic E-state index is 0.218. The van der Waals surface area contributed by atoms with Gasteiger partial charge in [-0.1, -0.05) is 6.92 Å². The molecule has 2 aliphatic rings. The minimum Gasteiger partial charge on any atom is -0.391 e. The van der Waals surface area contributed by atoms with Gasteiger partial charge in [-0.3, -0.25) is 4.79 Å². The van der Waals surface area contributed by atoms with Crippen molar-refractivity contribution < 1.29 is 9.90 Å². The summed E-state index contributed by atoms with van der Waals surface area (Å²) in [7, 11) is 0. The van der Waals surface area contributed by atoms with Crippen molar-refractivity contribution in [3.8, 4) is 0 Å². The predicted molar refractivity (Wildman–Crippen MR) is 61.8 cm³/mol. The molecule has 0 aromatic carbocycles. The van der Waals surface area contributed by atoms with Gasteiger partial charge in [-0.25, -0.2) is 0 Å². The van der Waals surface area contributed by atoms with Gasteiger partial charge in [0.25, 0.3) is 0 Å². The summed E-state index contributed by atoms with van der Waals surface area (Å²) in [6.07, 6.45) is 1.63. The van der Waals surface area contributed by atoms with E-state index >= 15 is 0 Å². The molecule has 1 N–H and O–H groups in total. The van der Waals surface area contributed by atoms with Gasteiger partial charge in [0.2, 0.25) is 5.91 Å². The number of likely N-dealkylation sites (tertiary alicyclic amines) is 1. The first-order valence-electron chi connectivity index (χ1n) is 5.73. The first-order chi connectivity index (χ1) is 7.18. The SMILES string of the molecule is CC1CCN(C(=O)C2CCSC2)CC1O. The van der Waals surface area contributed by atoms with Crippen molar-refractivity contribution in [2.75, 3.05) is 24.6 Å². The highest BCUT2D eigenvalue weighted by atomic mass is 32.2. The molecule has 2 aliphatic heterocycles. The maximum Gasteiger partial charge on any atom is 0.226 e. The lowest BCUT2D eigenvalue weighted by Gasteiger charge is -2.35. The molecule has 0 spiro atoms. The summed E-state index contributed by atoms with van der Waals surface area (Å²) in [5, 5.41) is 9.74. The third-order valence-electron chi connectivity index (χ3n) is 3.51. The van der Waals surface area contributed by atoms with Gasteiger partial charge in [-0.15, -0.1) is 0 Å². The van der Waals surface area contributed by atoms with E-state index in [2.05, 4.69) is 6.92 Å². The fourth-order valence-electron chi connectivity index (χ4n) is 2.24. The second-order valence-corrected chi connectivity index (χ2v) is 5.83. The third kappa shape index (κ3) is 2.48. The van der Waals surface area contributed by atoms with Crippen LogP contribution in [0.4, 0.5) is 0 Å². The van der Waals surface area contributed by atoms with Crippen molar-refractivity contribution in [1.29, 1.82) is 0 Å². The van der Waals surface area contributed by atoms with Gasteiger partial charge in [-0.2, -0.15) is 11.8 Å². The molecule has 0 bridgehead atoms. The van der Waals surface area contributed by atoms with Crippen molar-refractivity contribution in [3.05, 3.63) is 0 Å². The van der Waals surface area contributed by atoms with Crippen LogP contribution < -0.4 is 0 Å². The number of carbonyl (C=O) groups excluding carboxylic acids is 1. The number of rotatable bonds is 1. The van der Waals surface area contributed by atoms with E-state index in [9.17, 15) is 9.90 Å². The summed E-state index contributed by atoms with van der Waals surface area (Å²) in [5.41, 5.74) is 0. The quantitative estimate of drug-likeness (QED) is 0.728. The Morgan fingerprint density at radius 3 is 2.87 bits per heavy atom. The van der Waals surface area contributed by atoms with Crippen molar-refractivity contribution in [2.24, 2.45) is 11.8 Å². The van der Waals surface area contributed by atoms with Gasteiger partial charge in [-0.05, 0) is 24.5 Å². The molecule has 3 nitrogen and oxygen atoms in total. The van der Waals surface area contributed by atoms with Crippen LogP contribution in [0.15, 0.2) is 0 Å². The number of aliphatic hydroxyl groups excluding tert-OH is 1. The molecule has 2 saturated heterocycles. The van der Waals surface area contributed by atoms with Gasteiger partial charge in [0.1, 0.15) is 0 Å². The largest absolute Gasteiger partial charge is 0.391 e. The Labute approximate surface area is 95.2 Å². The molecule has 0 aliphatic carbocycles. The summed E-state index contributed by atoms with van der Waals surface area (Å²) < 4.78 is 0.